The lowest BCUT2D eigenvalue weighted by molar-refractivity contribution is -0.137. The Kier molecular flexibility index (Phi) is 3.55. The third kappa shape index (κ3) is 2.44. The Morgan fingerprint density at radius 1 is 1.26 bits per heavy atom. The molecule has 0 saturated heterocycles. The van der Waals surface area contributed by atoms with Crippen molar-refractivity contribution in [1.29, 1.82) is 0 Å². The van der Waals surface area contributed by atoms with Crippen molar-refractivity contribution in [2.24, 2.45) is 0 Å². The molecule has 0 bridgehead atoms. The average molecular weight is 316 g/mol. The highest BCUT2D eigenvalue weighted by molar-refractivity contribution is 6.04. The lowest BCUT2D eigenvalue weighted by atomic mass is 10.0. The second-order valence-electron chi connectivity index (χ2n) is 5.67. The first-order valence-electron chi connectivity index (χ1n) is 7.26. The van der Waals surface area contributed by atoms with E-state index in [9.17, 15) is 24.6 Å². The van der Waals surface area contributed by atoms with E-state index in [1.807, 2.05) is 0 Å². The average Bonchev–Trinajstić information content (AvgIpc) is 2.70. The van der Waals surface area contributed by atoms with Crippen LogP contribution in [0.2, 0.25) is 0 Å². The van der Waals surface area contributed by atoms with Gasteiger partial charge in [0, 0.05) is 24.5 Å². The molecule has 0 atom stereocenters. The molecule has 7 nitrogen and oxygen atoms in total. The lowest BCUT2D eigenvalue weighted by Crippen LogP contribution is -2.29. The van der Waals surface area contributed by atoms with E-state index in [4.69, 9.17) is 0 Å². The highest BCUT2D eigenvalue weighted by Crippen LogP contribution is 2.31. The molecule has 0 aliphatic carbocycles. The van der Waals surface area contributed by atoms with Crippen molar-refractivity contribution < 1.29 is 24.6 Å². The van der Waals surface area contributed by atoms with Crippen LogP contribution in [0, 0.1) is 0 Å². The summed E-state index contributed by atoms with van der Waals surface area (Å²) in [6.07, 6.45) is 1.36. The van der Waals surface area contributed by atoms with Gasteiger partial charge in [-0.1, -0.05) is 0 Å². The molecule has 23 heavy (non-hydrogen) atoms. The number of nitrogens with zero attached hydrogens (tertiary/aromatic N) is 2. The zero-order valence-electron chi connectivity index (χ0n) is 12.6. The molecule has 1 aromatic carbocycles. The number of aliphatic carboxylic acids is 1. The van der Waals surface area contributed by atoms with E-state index in [2.05, 4.69) is 0 Å². The number of aromatic carboxylic acids is 1. The quantitative estimate of drug-likeness (QED) is 0.892. The number of carbonyl (C=O) groups excluding carboxylic acids is 1. The molecule has 0 unspecified atom stereocenters. The summed E-state index contributed by atoms with van der Waals surface area (Å²) in [7, 11) is 1.68. The molecule has 2 heterocycles. The molecule has 0 radical (unpaired) electrons. The number of carboxylic acids is 2. The van der Waals surface area contributed by atoms with Crippen molar-refractivity contribution in [1.82, 2.24) is 9.47 Å². The Morgan fingerprint density at radius 2 is 2.00 bits per heavy atom. The third-order valence-corrected chi connectivity index (χ3v) is 4.18. The van der Waals surface area contributed by atoms with Gasteiger partial charge in [-0.25, -0.2) is 4.79 Å². The summed E-state index contributed by atoms with van der Waals surface area (Å²) in [6.45, 7) is 0.249. The van der Waals surface area contributed by atoms with Gasteiger partial charge in [-0.3, -0.25) is 9.59 Å². The number of aromatic nitrogens is 1. The van der Waals surface area contributed by atoms with E-state index in [1.165, 1.54) is 16.7 Å². The number of rotatable bonds is 3. The number of hydrogen-bond donors (Lipinski definition) is 2. The maximum Gasteiger partial charge on any atom is 0.335 e. The van der Waals surface area contributed by atoms with Gasteiger partial charge in [0.15, 0.2) is 0 Å². The predicted molar refractivity (Wildman–Crippen MR) is 81.8 cm³/mol. The predicted octanol–water partition coefficient (Wildman–Crippen LogP) is 1.44. The van der Waals surface area contributed by atoms with E-state index in [0.29, 0.717) is 29.6 Å². The Labute approximate surface area is 131 Å². The van der Waals surface area contributed by atoms with E-state index in [-0.39, 0.29) is 18.0 Å². The lowest BCUT2D eigenvalue weighted by Gasteiger charge is -2.15. The third-order valence-electron chi connectivity index (χ3n) is 4.18. The van der Waals surface area contributed by atoms with Crippen LogP contribution in [0.5, 0.6) is 0 Å². The van der Waals surface area contributed by atoms with Crippen molar-refractivity contribution in [2.75, 3.05) is 13.6 Å². The van der Waals surface area contributed by atoms with E-state index < -0.39 is 11.9 Å². The van der Waals surface area contributed by atoms with Gasteiger partial charge in [-0.2, -0.15) is 0 Å². The van der Waals surface area contributed by atoms with Gasteiger partial charge < -0.3 is 19.7 Å². The van der Waals surface area contributed by atoms with Crippen molar-refractivity contribution in [3.8, 4) is 0 Å². The highest BCUT2D eigenvalue weighted by atomic mass is 16.4. The van der Waals surface area contributed by atoms with Crippen LogP contribution in [0.15, 0.2) is 18.2 Å². The van der Waals surface area contributed by atoms with Gasteiger partial charge in [0.05, 0.1) is 5.56 Å². The largest absolute Gasteiger partial charge is 0.480 e. The smallest absolute Gasteiger partial charge is 0.335 e. The normalized spacial score (nSPS) is 14.7. The van der Waals surface area contributed by atoms with Gasteiger partial charge in [0.1, 0.15) is 12.2 Å². The second-order valence-corrected chi connectivity index (χ2v) is 5.67. The SMILES string of the molecule is CN1CCCc2c(n(CC(=O)O)c3ccc(C(=O)O)cc23)C1=O. The molecule has 120 valence electrons. The maximum absolute atomic E-state index is 12.6. The molecule has 7 heteroatoms. The van der Waals surface area contributed by atoms with Gasteiger partial charge in [-0.15, -0.1) is 0 Å². The fourth-order valence-corrected chi connectivity index (χ4v) is 3.13. The Balaban J connectivity index is 2.34. The van der Waals surface area contributed by atoms with Crippen molar-refractivity contribution in [2.45, 2.75) is 19.4 Å². The number of carboxylic acid groups (broad SMARTS) is 2. The second kappa shape index (κ2) is 5.42. The summed E-state index contributed by atoms with van der Waals surface area (Å²) in [5, 5.41) is 19.0. The number of benzene rings is 1. The number of hydrogen-bond acceptors (Lipinski definition) is 3. The van der Waals surface area contributed by atoms with Crippen molar-refractivity contribution in [3.63, 3.8) is 0 Å². The Morgan fingerprint density at radius 3 is 2.65 bits per heavy atom. The fraction of sp³-hybridized carbons (Fsp3) is 0.312. The minimum atomic E-state index is -1.05. The van der Waals surface area contributed by atoms with Gasteiger partial charge >= 0.3 is 11.9 Å². The number of amides is 1. The van der Waals surface area contributed by atoms with Crippen LogP contribution in [0.1, 0.15) is 32.8 Å². The van der Waals surface area contributed by atoms with E-state index >= 15 is 0 Å². The molecule has 1 aliphatic rings. The highest BCUT2D eigenvalue weighted by Gasteiger charge is 2.28. The summed E-state index contributed by atoms with van der Waals surface area (Å²) in [6, 6.07) is 4.52. The molecule has 2 N–H and O–H groups in total. The molecule has 1 aromatic heterocycles. The maximum atomic E-state index is 12.6. The molecule has 1 aliphatic heterocycles. The zero-order chi connectivity index (χ0) is 16.7. The van der Waals surface area contributed by atoms with Crippen LogP contribution < -0.4 is 0 Å². The molecule has 3 rings (SSSR count). The van der Waals surface area contributed by atoms with Crippen molar-refractivity contribution >= 4 is 28.7 Å². The summed E-state index contributed by atoms with van der Waals surface area (Å²) in [5.41, 5.74) is 1.78. The zero-order valence-corrected chi connectivity index (χ0v) is 12.6. The minimum Gasteiger partial charge on any atom is -0.480 e. The van der Waals surface area contributed by atoms with Crippen LogP contribution in [-0.2, 0) is 17.8 Å². The molecular formula is C16H16N2O5. The van der Waals surface area contributed by atoms with Crippen LogP contribution in [-0.4, -0.2) is 51.1 Å². The monoisotopic (exact) mass is 316 g/mol. The van der Waals surface area contributed by atoms with Crippen molar-refractivity contribution in [3.05, 3.63) is 35.0 Å². The molecule has 0 spiro atoms. The Bertz CT molecular complexity index is 837. The number of fused-ring (bicyclic) bond motifs is 3. The standard InChI is InChI=1S/C16H16N2O5/c1-17-6-2-3-10-11-7-9(16(22)23)4-5-12(11)18(8-13(19)20)14(10)15(17)21/h4-5,7H,2-3,6,8H2,1H3,(H,19,20)(H,22,23). The van der Waals surface area contributed by atoms with Crippen LogP contribution in [0.3, 0.4) is 0 Å². The van der Waals surface area contributed by atoms with Crippen LogP contribution >= 0.6 is 0 Å². The van der Waals surface area contributed by atoms with E-state index in [1.54, 1.807) is 18.0 Å². The summed E-state index contributed by atoms with van der Waals surface area (Å²) in [4.78, 5) is 36.6. The van der Waals surface area contributed by atoms with Crippen LogP contribution in [0.25, 0.3) is 10.9 Å². The van der Waals surface area contributed by atoms with Gasteiger partial charge in [0.25, 0.3) is 5.91 Å². The van der Waals surface area contributed by atoms with Gasteiger partial charge in [0.2, 0.25) is 0 Å². The van der Waals surface area contributed by atoms with Crippen LogP contribution in [0.4, 0.5) is 0 Å². The summed E-state index contributed by atoms with van der Waals surface area (Å²) >= 11 is 0. The summed E-state index contributed by atoms with van der Waals surface area (Å²) < 4.78 is 1.47. The first-order valence-corrected chi connectivity index (χ1v) is 7.26. The Hall–Kier alpha value is -2.83. The molecule has 0 saturated carbocycles. The minimum absolute atomic E-state index is 0.123. The number of aryl methyl sites for hydroxylation is 1. The first-order chi connectivity index (χ1) is 10.9. The molecule has 2 aromatic rings. The topological polar surface area (TPSA) is 99.8 Å². The van der Waals surface area contributed by atoms with Gasteiger partial charge in [-0.05, 0) is 36.6 Å². The number of carbonyl (C=O) groups is 3. The fourth-order valence-electron chi connectivity index (χ4n) is 3.13. The summed E-state index contributed by atoms with van der Waals surface area (Å²) in [5.74, 6) is -2.33. The molecular weight excluding hydrogens is 300 g/mol. The molecule has 0 fully saturated rings. The molecule has 1 amide bonds. The first kappa shape index (κ1) is 15.1. The van der Waals surface area contributed by atoms with E-state index in [0.717, 1.165) is 12.0 Å².